The topological polar surface area (TPSA) is 96.7 Å². The number of aromatic hydroxyl groups is 1. The molecular formula is C10H17NO4. The van der Waals surface area contributed by atoms with Gasteiger partial charge in [0.05, 0.1) is 6.26 Å². The van der Waals surface area contributed by atoms with Crippen molar-refractivity contribution in [3.63, 3.8) is 0 Å². The van der Waals surface area contributed by atoms with E-state index >= 15 is 0 Å². The Labute approximate surface area is 88.5 Å². The van der Waals surface area contributed by atoms with E-state index in [1.807, 2.05) is 13.8 Å². The third-order valence-electron chi connectivity index (χ3n) is 2.05. The van der Waals surface area contributed by atoms with Crippen molar-refractivity contribution in [1.82, 2.24) is 0 Å². The van der Waals surface area contributed by atoms with Gasteiger partial charge in [0, 0.05) is 6.07 Å². The fourth-order valence-electron chi connectivity index (χ4n) is 0.767. The summed E-state index contributed by atoms with van der Waals surface area (Å²) >= 11 is 0. The third-order valence-corrected chi connectivity index (χ3v) is 2.05. The van der Waals surface area contributed by atoms with Crippen molar-refractivity contribution >= 4 is 5.97 Å². The summed E-state index contributed by atoms with van der Waals surface area (Å²) in [5.41, 5.74) is 5.27. The van der Waals surface area contributed by atoms with Gasteiger partial charge < -0.3 is 20.4 Å². The Morgan fingerprint density at radius 1 is 1.67 bits per heavy atom. The molecule has 5 nitrogen and oxygen atoms in total. The maximum absolute atomic E-state index is 10.2. The molecule has 0 aliphatic rings. The molecule has 15 heavy (non-hydrogen) atoms. The van der Waals surface area contributed by atoms with Crippen LogP contribution in [0.3, 0.4) is 0 Å². The molecule has 0 radical (unpaired) electrons. The van der Waals surface area contributed by atoms with Gasteiger partial charge in [0.15, 0.2) is 0 Å². The molecule has 1 heterocycles. The number of carbonyl (C=O) groups is 1. The zero-order valence-corrected chi connectivity index (χ0v) is 8.88. The van der Waals surface area contributed by atoms with Crippen LogP contribution in [0.15, 0.2) is 22.8 Å². The van der Waals surface area contributed by atoms with Crippen molar-refractivity contribution < 1.29 is 19.4 Å². The molecule has 0 bridgehead atoms. The largest absolute Gasteiger partial charge is 0.481 e. The number of hydrogen-bond acceptors (Lipinski definition) is 4. The van der Waals surface area contributed by atoms with Gasteiger partial charge in [-0.25, -0.2) is 0 Å². The molecule has 86 valence electrons. The van der Waals surface area contributed by atoms with Gasteiger partial charge in [-0.3, -0.25) is 4.79 Å². The predicted molar refractivity (Wildman–Crippen MR) is 55.4 cm³/mol. The monoisotopic (exact) mass is 215 g/mol. The maximum atomic E-state index is 10.2. The highest BCUT2D eigenvalue weighted by molar-refractivity contribution is 5.73. The van der Waals surface area contributed by atoms with Crippen LogP contribution in [0, 0.1) is 5.92 Å². The van der Waals surface area contributed by atoms with Crippen LogP contribution in [0.1, 0.15) is 20.3 Å². The van der Waals surface area contributed by atoms with Crippen LogP contribution in [0.2, 0.25) is 0 Å². The van der Waals surface area contributed by atoms with Crippen LogP contribution in [0.25, 0.3) is 0 Å². The average molecular weight is 215 g/mol. The number of rotatable bonds is 3. The van der Waals surface area contributed by atoms with E-state index in [0.29, 0.717) is 0 Å². The Kier molecular flexibility index (Phi) is 6.21. The van der Waals surface area contributed by atoms with Crippen molar-refractivity contribution in [2.24, 2.45) is 11.7 Å². The quantitative estimate of drug-likeness (QED) is 0.708. The van der Waals surface area contributed by atoms with Crippen LogP contribution in [0.5, 0.6) is 5.95 Å². The highest BCUT2D eigenvalue weighted by atomic mass is 16.5. The molecular weight excluding hydrogens is 198 g/mol. The first-order chi connectivity index (χ1) is 6.99. The minimum Gasteiger partial charge on any atom is -0.481 e. The number of carboxylic acid groups (broad SMARTS) is 1. The molecule has 1 aromatic rings. The molecule has 1 aromatic heterocycles. The van der Waals surface area contributed by atoms with Gasteiger partial charge in [0.1, 0.15) is 6.04 Å². The van der Waals surface area contributed by atoms with E-state index in [9.17, 15) is 4.79 Å². The summed E-state index contributed by atoms with van der Waals surface area (Å²) < 4.78 is 4.39. The molecule has 0 amide bonds. The molecule has 4 N–H and O–H groups in total. The third kappa shape index (κ3) is 5.74. The standard InChI is InChI=1S/C6H13NO2.C4H4O2/c1-3-4(2)5(7)6(8)9;5-4-2-1-3-6-4/h4-5H,3,7H2,1-2H3,(H,8,9);1-3,5H/t4-,5-;/m0./s1. The lowest BCUT2D eigenvalue weighted by molar-refractivity contribution is -0.139. The fourth-order valence-corrected chi connectivity index (χ4v) is 0.767. The predicted octanol–water partition coefficient (Wildman–Crippen LogP) is 1.43. The van der Waals surface area contributed by atoms with Crippen LogP contribution >= 0.6 is 0 Å². The Balaban J connectivity index is 0.000000280. The first-order valence-electron chi connectivity index (χ1n) is 4.69. The molecule has 0 saturated carbocycles. The number of hydrogen-bond donors (Lipinski definition) is 3. The van der Waals surface area contributed by atoms with E-state index in [1.54, 1.807) is 6.07 Å². The molecule has 0 fully saturated rings. The summed E-state index contributed by atoms with van der Waals surface area (Å²) in [6.45, 7) is 3.76. The van der Waals surface area contributed by atoms with E-state index in [4.69, 9.17) is 15.9 Å². The first-order valence-corrected chi connectivity index (χ1v) is 4.69. The fraction of sp³-hybridized carbons (Fsp3) is 0.500. The lowest BCUT2D eigenvalue weighted by atomic mass is 10.0. The molecule has 0 unspecified atom stereocenters. The van der Waals surface area contributed by atoms with Crippen molar-refractivity contribution in [3.8, 4) is 5.95 Å². The van der Waals surface area contributed by atoms with Gasteiger partial charge in [-0.15, -0.1) is 0 Å². The molecule has 0 aromatic carbocycles. The SMILES string of the molecule is CC[C@H](C)[C@H](N)C(=O)O.Oc1ccco1. The van der Waals surface area contributed by atoms with Crippen LogP contribution in [-0.4, -0.2) is 22.2 Å². The minimum absolute atomic E-state index is 0.0324. The van der Waals surface area contributed by atoms with Gasteiger partial charge >= 0.3 is 5.97 Å². The second kappa shape index (κ2) is 6.89. The molecule has 5 heteroatoms. The van der Waals surface area contributed by atoms with E-state index in [2.05, 4.69) is 4.42 Å². The normalized spacial score (nSPS) is 13.5. The summed E-state index contributed by atoms with van der Waals surface area (Å²) in [4.78, 5) is 10.2. The van der Waals surface area contributed by atoms with Gasteiger partial charge in [0.25, 0.3) is 5.95 Å². The van der Waals surface area contributed by atoms with Gasteiger partial charge in [-0.05, 0) is 12.0 Å². The second-order valence-corrected chi connectivity index (χ2v) is 3.20. The van der Waals surface area contributed by atoms with E-state index in [0.717, 1.165) is 6.42 Å². The highest BCUT2D eigenvalue weighted by Gasteiger charge is 2.17. The molecule has 1 rings (SSSR count). The second-order valence-electron chi connectivity index (χ2n) is 3.20. The van der Waals surface area contributed by atoms with E-state index in [-0.39, 0.29) is 11.9 Å². The Hall–Kier alpha value is -1.49. The summed E-state index contributed by atoms with van der Waals surface area (Å²) in [5.74, 6) is -0.873. The molecule has 0 aliphatic carbocycles. The van der Waals surface area contributed by atoms with Crippen LogP contribution in [0.4, 0.5) is 0 Å². The van der Waals surface area contributed by atoms with E-state index in [1.165, 1.54) is 12.3 Å². The molecule has 0 saturated heterocycles. The zero-order valence-electron chi connectivity index (χ0n) is 8.88. The number of furan rings is 1. The van der Waals surface area contributed by atoms with Gasteiger partial charge in [0.2, 0.25) is 0 Å². The number of aliphatic carboxylic acids is 1. The Bertz CT molecular complexity index is 271. The first kappa shape index (κ1) is 13.5. The average Bonchev–Trinajstić information content (AvgIpc) is 2.67. The minimum atomic E-state index is -0.913. The molecule has 0 aliphatic heterocycles. The van der Waals surface area contributed by atoms with Crippen LogP contribution < -0.4 is 5.73 Å². The maximum Gasteiger partial charge on any atom is 0.320 e. The van der Waals surface area contributed by atoms with Gasteiger partial charge in [-0.1, -0.05) is 20.3 Å². The van der Waals surface area contributed by atoms with Crippen molar-refractivity contribution in [1.29, 1.82) is 0 Å². The summed E-state index contributed by atoms with van der Waals surface area (Å²) in [5, 5.41) is 16.7. The Morgan fingerprint density at radius 3 is 2.40 bits per heavy atom. The van der Waals surface area contributed by atoms with Gasteiger partial charge in [-0.2, -0.15) is 0 Å². The molecule has 0 spiro atoms. The number of carboxylic acids is 1. The van der Waals surface area contributed by atoms with E-state index < -0.39 is 12.0 Å². The highest BCUT2D eigenvalue weighted by Crippen LogP contribution is 2.04. The molecule has 2 atom stereocenters. The van der Waals surface area contributed by atoms with Crippen LogP contribution in [-0.2, 0) is 4.79 Å². The zero-order chi connectivity index (χ0) is 11.8. The number of nitrogens with two attached hydrogens (primary N) is 1. The van der Waals surface area contributed by atoms with Crippen molar-refractivity contribution in [2.75, 3.05) is 0 Å². The summed E-state index contributed by atoms with van der Waals surface area (Å²) in [6.07, 6.45) is 2.22. The smallest absolute Gasteiger partial charge is 0.320 e. The summed E-state index contributed by atoms with van der Waals surface area (Å²) in [6, 6.07) is 2.39. The summed E-state index contributed by atoms with van der Waals surface area (Å²) in [7, 11) is 0. The Morgan fingerprint density at radius 2 is 2.27 bits per heavy atom. The van der Waals surface area contributed by atoms with Crippen molar-refractivity contribution in [2.45, 2.75) is 26.3 Å². The lowest BCUT2D eigenvalue weighted by Crippen LogP contribution is -2.36. The van der Waals surface area contributed by atoms with Crippen molar-refractivity contribution in [3.05, 3.63) is 18.4 Å². The lowest BCUT2D eigenvalue weighted by Gasteiger charge is -2.11.